The van der Waals surface area contributed by atoms with Crippen molar-refractivity contribution in [3.05, 3.63) is 53.5 Å². The lowest BCUT2D eigenvalue weighted by atomic mass is 10.2. The predicted molar refractivity (Wildman–Crippen MR) is 105 cm³/mol. The molecule has 134 valence electrons. The van der Waals surface area contributed by atoms with Gasteiger partial charge in [-0.05, 0) is 36.8 Å². The minimum Gasteiger partial charge on any atom is -0.439 e. The molecule has 3 aromatic rings. The average Bonchev–Trinajstić information content (AvgIpc) is 3.18. The summed E-state index contributed by atoms with van der Waals surface area (Å²) >= 11 is 1.52. The van der Waals surface area contributed by atoms with Gasteiger partial charge in [0.05, 0.1) is 17.3 Å². The smallest absolute Gasteiger partial charge is 0.219 e. The van der Waals surface area contributed by atoms with Crippen molar-refractivity contribution in [2.24, 2.45) is 4.99 Å². The largest absolute Gasteiger partial charge is 0.439 e. The first-order valence-corrected chi connectivity index (χ1v) is 9.33. The zero-order valence-corrected chi connectivity index (χ0v) is 15.2. The number of ether oxygens (including phenoxy) is 1. The van der Waals surface area contributed by atoms with Crippen LogP contribution in [0.1, 0.15) is 12.0 Å². The highest BCUT2D eigenvalue weighted by Gasteiger charge is 2.10. The number of rotatable bonds is 4. The lowest BCUT2D eigenvalue weighted by molar-refractivity contribution is 0.463. The van der Waals surface area contributed by atoms with Crippen LogP contribution < -0.4 is 15.4 Å². The Morgan fingerprint density at radius 1 is 1.22 bits per heavy atom. The lowest BCUT2D eigenvalue weighted by Gasteiger charge is -2.14. The molecule has 1 aromatic carbocycles. The number of aromatic nitrogens is 2. The molecule has 0 atom stereocenters. The highest BCUT2D eigenvalue weighted by atomic mass is 32.1. The molecule has 0 saturated carbocycles. The summed E-state index contributed by atoms with van der Waals surface area (Å²) in [6.07, 6.45) is 2.74. The van der Waals surface area contributed by atoms with Crippen LogP contribution in [0.4, 0.5) is 5.13 Å². The molecule has 0 bridgehead atoms. The third-order valence-corrected chi connectivity index (χ3v) is 4.62. The number of thiazole rings is 1. The Morgan fingerprint density at radius 3 is 2.89 bits per heavy atom. The zero-order valence-electron chi connectivity index (χ0n) is 14.3. The van der Waals surface area contributed by atoms with E-state index in [4.69, 9.17) is 10.00 Å². The second-order valence-electron chi connectivity index (χ2n) is 5.79. The summed E-state index contributed by atoms with van der Waals surface area (Å²) < 4.78 is 5.78. The Balaban J connectivity index is 1.48. The van der Waals surface area contributed by atoms with Crippen LogP contribution in [0.2, 0.25) is 0 Å². The normalized spacial score (nSPS) is 13.2. The van der Waals surface area contributed by atoms with Crippen LogP contribution in [0.25, 0.3) is 11.3 Å². The Kier molecular flexibility index (Phi) is 4.94. The molecule has 0 aliphatic carbocycles. The predicted octanol–water partition coefficient (Wildman–Crippen LogP) is 3.63. The third-order valence-electron chi connectivity index (χ3n) is 3.86. The molecule has 3 heterocycles. The number of nitrogens with one attached hydrogen (secondary N) is 2. The summed E-state index contributed by atoms with van der Waals surface area (Å²) in [6.45, 7) is 1.75. The zero-order chi connectivity index (χ0) is 18.5. The topological polar surface area (TPSA) is 95.2 Å². The van der Waals surface area contributed by atoms with Crippen molar-refractivity contribution < 1.29 is 4.74 Å². The standard InChI is InChI=1S/C19H16N6OS/c20-11-13-2-4-15(5-3-13)26-17-10-14(6-9-21-17)16-12-27-19(24-16)25-18-22-7-1-8-23-18/h2-6,9-10,12H,1,7-8H2,(H2,22,23,24,25). The average molecular weight is 376 g/mol. The van der Waals surface area contributed by atoms with Gasteiger partial charge in [0.15, 0.2) is 11.1 Å². The maximum Gasteiger partial charge on any atom is 0.219 e. The Hall–Kier alpha value is -3.44. The van der Waals surface area contributed by atoms with Gasteiger partial charge in [-0.1, -0.05) is 0 Å². The molecule has 27 heavy (non-hydrogen) atoms. The third kappa shape index (κ3) is 4.22. The van der Waals surface area contributed by atoms with E-state index < -0.39 is 0 Å². The molecular weight excluding hydrogens is 360 g/mol. The summed E-state index contributed by atoms with van der Waals surface area (Å²) in [4.78, 5) is 13.3. The molecule has 7 nitrogen and oxygen atoms in total. The van der Waals surface area contributed by atoms with Gasteiger partial charge in [-0.25, -0.2) is 9.97 Å². The molecule has 4 rings (SSSR count). The number of pyridine rings is 1. The van der Waals surface area contributed by atoms with Gasteiger partial charge in [-0.3, -0.25) is 4.99 Å². The first-order chi connectivity index (χ1) is 13.3. The molecule has 2 N–H and O–H groups in total. The van der Waals surface area contributed by atoms with Crippen molar-refractivity contribution >= 4 is 22.4 Å². The highest BCUT2D eigenvalue weighted by molar-refractivity contribution is 7.14. The van der Waals surface area contributed by atoms with E-state index in [0.717, 1.165) is 41.9 Å². The van der Waals surface area contributed by atoms with E-state index in [2.05, 4.69) is 31.7 Å². The summed E-state index contributed by atoms with van der Waals surface area (Å²) in [5, 5.41) is 18.0. The molecule has 8 heteroatoms. The van der Waals surface area contributed by atoms with Gasteiger partial charge in [-0.15, -0.1) is 11.3 Å². The van der Waals surface area contributed by atoms with Crippen LogP contribution >= 0.6 is 11.3 Å². The van der Waals surface area contributed by atoms with E-state index >= 15 is 0 Å². The molecular formula is C19H16N6OS. The number of guanidine groups is 1. The van der Waals surface area contributed by atoms with Crippen LogP contribution in [-0.2, 0) is 0 Å². The molecule has 0 unspecified atom stereocenters. The fraction of sp³-hybridized carbons (Fsp3) is 0.158. The molecule has 2 aromatic heterocycles. The van der Waals surface area contributed by atoms with Crippen molar-refractivity contribution in [2.45, 2.75) is 6.42 Å². The van der Waals surface area contributed by atoms with Crippen molar-refractivity contribution in [1.82, 2.24) is 15.3 Å². The van der Waals surface area contributed by atoms with Crippen LogP contribution in [-0.4, -0.2) is 29.0 Å². The number of anilines is 1. The number of nitrogens with zero attached hydrogens (tertiary/aromatic N) is 4. The molecule has 0 fully saturated rings. The molecule has 1 aliphatic heterocycles. The molecule has 0 saturated heterocycles. The minimum atomic E-state index is 0.470. The minimum absolute atomic E-state index is 0.470. The van der Waals surface area contributed by atoms with E-state index in [0.29, 0.717) is 17.2 Å². The molecule has 1 aliphatic rings. The van der Waals surface area contributed by atoms with Gasteiger partial charge in [0.25, 0.3) is 0 Å². The molecule has 0 spiro atoms. The number of aliphatic imine (C=N–C) groups is 1. The Morgan fingerprint density at radius 2 is 2.11 bits per heavy atom. The Bertz CT molecular complexity index is 1010. The second-order valence-corrected chi connectivity index (χ2v) is 6.65. The quantitative estimate of drug-likeness (QED) is 0.722. The van der Waals surface area contributed by atoms with Gasteiger partial charge < -0.3 is 15.4 Å². The van der Waals surface area contributed by atoms with E-state index in [1.54, 1.807) is 30.5 Å². The summed E-state index contributed by atoms with van der Waals surface area (Å²) in [5.74, 6) is 1.86. The monoisotopic (exact) mass is 376 g/mol. The second kappa shape index (κ2) is 7.85. The van der Waals surface area contributed by atoms with Gasteiger partial charge in [0.1, 0.15) is 5.75 Å². The van der Waals surface area contributed by atoms with Crippen LogP contribution in [0.5, 0.6) is 11.6 Å². The summed E-state index contributed by atoms with van der Waals surface area (Å²) in [5.41, 5.74) is 2.34. The fourth-order valence-electron chi connectivity index (χ4n) is 2.52. The van der Waals surface area contributed by atoms with Crippen molar-refractivity contribution in [3.8, 4) is 29.0 Å². The number of hydrogen-bond donors (Lipinski definition) is 2. The SMILES string of the molecule is N#Cc1ccc(Oc2cc(-c3csc(NC4=NCCCN4)n3)ccn2)cc1. The van der Waals surface area contributed by atoms with E-state index in [9.17, 15) is 0 Å². The number of nitriles is 1. The molecule has 0 amide bonds. The number of benzene rings is 1. The summed E-state index contributed by atoms with van der Waals surface area (Å²) in [7, 11) is 0. The first-order valence-electron chi connectivity index (χ1n) is 8.45. The van der Waals surface area contributed by atoms with Crippen LogP contribution in [0.3, 0.4) is 0 Å². The van der Waals surface area contributed by atoms with Gasteiger partial charge in [0, 0.05) is 36.3 Å². The van der Waals surface area contributed by atoms with E-state index in [-0.39, 0.29) is 0 Å². The Labute approximate surface area is 160 Å². The maximum atomic E-state index is 8.86. The van der Waals surface area contributed by atoms with Gasteiger partial charge >= 0.3 is 0 Å². The first kappa shape index (κ1) is 17.0. The lowest BCUT2D eigenvalue weighted by Crippen LogP contribution is -2.35. The maximum absolute atomic E-state index is 8.86. The van der Waals surface area contributed by atoms with E-state index in [1.165, 1.54) is 11.3 Å². The van der Waals surface area contributed by atoms with Crippen molar-refractivity contribution in [3.63, 3.8) is 0 Å². The van der Waals surface area contributed by atoms with Crippen molar-refractivity contribution in [1.29, 1.82) is 5.26 Å². The van der Waals surface area contributed by atoms with E-state index in [1.807, 2.05) is 17.5 Å². The molecule has 0 radical (unpaired) electrons. The van der Waals surface area contributed by atoms with Crippen molar-refractivity contribution in [2.75, 3.05) is 18.4 Å². The highest BCUT2D eigenvalue weighted by Crippen LogP contribution is 2.28. The van der Waals surface area contributed by atoms with Crippen LogP contribution in [0, 0.1) is 11.3 Å². The van der Waals surface area contributed by atoms with Gasteiger partial charge in [-0.2, -0.15) is 5.26 Å². The summed E-state index contributed by atoms with van der Waals surface area (Å²) in [6, 6.07) is 12.7. The number of hydrogen-bond acceptors (Lipinski definition) is 8. The van der Waals surface area contributed by atoms with Gasteiger partial charge in [0.2, 0.25) is 5.88 Å². The van der Waals surface area contributed by atoms with Crippen LogP contribution in [0.15, 0.2) is 53.0 Å². The fourth-order valence-corrected chi connectivity index (χ4v) is 3.24.